The predicted octanol–water partition coefficient (Wildman–Crippen LogP) is 5.18. The van der Waals surface area contributed by atoms with Gasteiger partial charge in [0.15, 0.2) is 0 Å². The minimum absolute atomic E-state index is 0.145. The fourth-order valence-electron chi connectivity index (χ4n) is 1.66. The van der Waals surface area contributed by atoms with Crippen molar-refractivity contribution in [3.05, 3.63) is 67.9 Å². The lowest BCUT2D eigenvalue weighted by Gasteiger charge is -2.08. The van der Waals surface area contributed by atoms with E-state index in [2.05, 4.69) is 21.2 Å². The largest absolute Gasteiger partial charge is 0.309 e. The van der Waals surface area contributed by atoms with Crippen molar-refractivity contribution in [2.75, 3.05) is 0 Å². The van der Waals surface area contributed by atoms with Crippen molar-refractivity contribution in [2.24, 2.45) is 0 Å². The molecule has 19 heavy (non-hydrogen) atoms. The van der Waals surface area contributed by atoms with Crippen molar-refractivity contribution in [1.29, 1.82) is 0 Å². The third kappa shape index (κ3) is 4.18. The molecule has 0 radical (unpaired) electrons. The first-order valence-corrected chi connectivity index (χ1v) is 7.20. The molecular formula is C14H11BrCl2FN. The van der Waals surface area contributed by atoms with Crippen molar-refractivity contribution >= 4 is 39.1 Å². The van der Waals surface area contributed by atoms with Gasteiger partial charge in [-0.15, -0.1) is 0 Å². The molecule has 1 N–H and O–H groups in total. The Hall–Kier alpha value is -0.610. The Bertz CT molecular complexity index is 590. The fraction of sp³-hybridized carbons (Fsp3) is 0.143. The molecule has 0 aliphatic heterocycles. The summed E-state index contributed by atoms with van der Waals surface area (Å²) in [6.07, 6.45) is 0. The topological polar surface area (TPSA) is 12.0 Å². The number of nitrogens with one attached hydrogen (secondary N) is 1. The molecule has 0 heterocycles. The molecule has 2 aromatic carbocycles. The first-order chi connectivity index (χ1) is 9.06. The van der Waals surface area contributed by atoms with E-state index in [0.717, 1.165) is 15.6 Å². The van der Waals surface area contributed by atoms with Crippen molar-refractivity contribution in [3.8, 4) is 0 Å². The van der Waals surface area contributed by atoms with Gasteiger partial charge < -0.3 is 5.32 Å². The highest BCUT2D eigenvalue weighted by molar-refractivity contribution is 9.10. The molecule has 0 aliphatic carbocycles. The summed E-state index contributed by atoms with van der Waals surface area (Å²) in [6.45, 7) is 1.31. The molecule has 2 rings (SSSR count). The third-order valence-corrected chi connectivity index (χ3v) is 3.91. The molecule has 0 saturated carbocycles. The second-order valence-electron chi connectivity index (χ2n) is 4.09. The molecule has 1 nitrogen and oxygen atoms in total. The smallest absolute Gasteiger partial charge is 0.141 e. The highest BCUT2D eigenvalue weighted by Crippen LogP contribution is 2.21. The molecule has 0 amide bonds. The molecule has 0 aromatic heterocycles. The van der Waals surface area contributed by atoms with E-state index in [1.54, 1.807) is 12.1 Å². The molecule has 0 spiro atoms. The van der Waals surface area contributed by atoms with Crippen LogP contribution in [0, 0.1) is 5.82 Å². The van der Waals surface area contributed by atoms with Gasteiger partial charge in [0.2, 0.25) is 0 Å². The van der Waals surface area contributed by atoms with E-state index < -0.39 is 5.82 Å². The molecule has 0 atom stereocenters. The van der Waals surface area contributed by atoms with Crippen LogP contribution >= 0.6 is 39.1 Å². The molecule has 0 saturated heterocycles. The number of hydrogen-bond acceptors (Lipinski definition) is 1. The summed E-state index contributed by atoms with van der Waals surface area (Å²) in [5, 5.41) is 4.11. The van der Waals surface area contributed by atoms with Crippen LogP contribution in [-0.4, -0.2) is 0 Å². The minimum atomic E-state index is -0.397. The molecule has 0 bridgehead atoms. The van der Waals surface area contributed by atoms with Crippen LogP contribution in [0.4, 0.5) is 4.39 Å². The molecule has 0 fully saturated rings. The van der Waals surface area contributed by atoms with Gasteiger partial charge >= 0.3 is 0 Å². The number of rotatable bonds is 4. The second-order valence-corrected chi connectivity index (χ2v) is 5.79. The third-order valence-electron chi connectivity index (χ3n) is 2.64. The highest BCUT2D eigenvalue weighted by Gasteiger charge is 2.03. The summed E-state index contributed by atoms with van der Waals surface area (Å²) in [7, 11) is 0. The Balaban J connectivity index is 1.94. The van der Waals surface area contributed by atoms with Gasteiger partial charge in [-0.25, -0.2) is 4.39 Å². The lowest BCUT2D eigenvalue weighted by Crippen LogP contribution is -2.13. The summed E-state index contributed by atoms with van der Waals surface area (Å²) in [4.78, 5) is 0. The number of halogens is 4. The molecule has 100 valence electrons. The van der Waals surface area contributed by atoms with E-state index in [9.17, 15) is 4.39 Å². The average molecular weight is 363 g/mol. The first-order valence-electron chi connectivity index (χ1n) is 5.65. The van der Waals surface area contributed by atoms with Crippen molar-refractivity contribution < 1.29 is 4.39 Å². The number of benzene rings is 2. The Morgan fingerprint density at radius 2 is 1.84 bits per heavy atom. The van der Waals surface area contributed by atoms with Crippen LogP contribution in [0.5, 0.6) is 0 Å². The van der Waals surface area contributed by atoms with Crippen LogP contribution in [0.3, 0.4) is 0 Å². The van der Waals surface area contributed by atoms with E-state index >= 15 is 0 Å². The Morgan fingerprint density at radius 3 is 2.53 bits per heavy atom. The zero-order valence-corrected chi connectivity index (χ0v) is 13.0. The Kier molecular flexibility index (Phi) is 5.22. The summed E-state index contributed by atoms with van der Waals surface area (Å²) < 4.78 is 14.0. The van der Waals surface area contributed by atoms with Crippen molar-refractivity contribution in [2.45, 2.75) is 13.1 Å². The molecular weight excluding hydrogens is 352 g/mol. The fourth-order valence-corrected chi connectivity index (χ4v) is 2.68. The summed E-state index contributed by atoms with van der Waals surface area (Å²) in [5.41, 5.74) is 2.05. The second kappa shape index (κ2) is 6.71. The quantitative estimate of drug-likeness (QED) is 0.789. The van der Waals surface area contributed by atoms with Gasteiger partial charge in [-0.1, -0.05) is 51.3 Å². The van der Waals surface area contributed by atoms with Crippen molar-refractivity contribution in [3.63, 3.8) is 0 Å². The highest BCUT2D eigenvalue weighted by atomic mass is 79.9. The zero-order chi connectivity index (χ0) is 13.8. The normalized spacial score (nSPS) is 10.7. The molecule has 0 unspecified atom stereocenters. The minimum Gasteiger partial charge on any atom is -0.309 e. The molecule has 2 aromatic rings. The van der Waals surface area contributed by atoms with Gasteiger partial charge in [0.05, 0.1) is 5.02 Å². The molecule has 5 heteroatoms. The van der Waals surface area contributed by atoms with E-state index in [4.69, 9.17) is 23.2 Å². The van der Waals surface area contributed by atoms with Gasteiger partial charge in [0.25, 0.3) is 0 Å². The van der Waals surface area contributed by atoms with Crippen LogP contribution < -0.4 is 5.32 Å². The molecule has 0 aliphatic rings. The van der Waals surface area contributed by atoms with Crippen LogP contribution in [-0.2, 0) is 13.1 Å². The predicted molar refractivity (Wildman–Crippen MR) is 81.1 cm³/mol. The van der Waals surface area contributed by atoms with Gasteiger partial charge in [-0.2, -0.15) is 0 Å². The van der Waals surface area contributed by atoms with E-state index in [1.807, 2.05) is 18.2 Å². The van der Waals surface area contributed by atoms with Crippen LogP contribution in [0.25, 0.3) is 0 Å². The van der Waals surface area contributed by atoms with Gasteiger partial charge in [-0.05, 0) is 35.4 Å². The first kappa shape index (κ1) is 14.8. The summed E-state index contributed by atoms with van der Waals surface area (Å²) >= 11 is 15.1. The average Bonchev–Trinajstić information content (AvgIpc) is 2.36. The lowest BCUT2D eigenvalue weighted by atomic mass is 10.2. The van der Waals surface area contributed by atoms with Crippen LogP contribution in [0.1, 0.15) is 11.1 Å². The van der Waals surface area contributed by atoms with Gasteiger partial charge in [0.1, 0.15) is 5.82 Å². The SMILES string of the molecule is Fc1ccc(CNCc2ccc(Cl)cc2Br)cc1Cl. The maximum atomic E-state index is 13.0. The Morgan fingerprint density at radius 1 is 1.05 bits per heavy atom. The maximum absolute atomic E-state index is 13.0. The van der Waals surface area contributed by atoms with Crippen molar-refractivity contribution in [1.82, 2.24) is 5.32 Å². The Labute approximate surface area is 129 Å². The monoisotopic (exact) mass is 361 g/mol. The van der Waals surface area contributed by atoms with Crippen LogP contribution in [0.2, 0.25) is 10.0 Å². The van der Waals surface area contributed by atoms with Gasteiger partial charge in [0, 0.05) is 22.6 Å². The van der Waals surface area contributed by atoms with Crippen LogP contribution in [0.15, 0.2) is 40.9 Å². The summed E-state index contributed by atoms with van der Waals surface area (Å²) in [5.74, 6) is -0.397. The maximum Gasteiger partial charge on any atom is 0.141 e. The summed E-state index contributed by atoms with van der Waals surface area (Å²) in [6, 6.07) is 10.4. The van der Waals surface area contributed by atoms with E-state index in [0.29, 0.717) is 18.1 Å². The zero-order valence-electron chi connectivity index (χ0n) is 9.89. The van der Waals surface area contributed by atoms with E-state index in [1.165, 1.54) is 6.07 Å². The number of hydrogen-bond donors (Lipinski definition) is 1. The standard InChI is InChI=1S/C14H11BrCl2FN/c15-12-6-11(16)3-2-10(12)8-19-7-9-1-4-14(18)13(17)5-9/h1-6,19H,7-8H2. The lowest BCUT2D eigenvalue weighted by molar-refractivity contribution is 0.625. The van der Waals surface area contributed by atoms with E-state index in [-0.39, 0.29) is 5.02 Å². The van der Waals surface area contributed by atoms with Gasteiger partial charge in [-0.3, -0.25) is 0 Å².